The summed E-state index contributed by atoms with van der Waals surface area (Å²) >= 11 is 19.8. The highest BCUT2D eigenvalue weighted by molar-refractivity contribution is 8.19. The van der Waals surface area contributed by atoms with E-state index in [4.69, 9.17) is 39.0 Å². The van der Waals surface area contributed by atoms with Crippen LogP contribution in [0, 0.1) is 0 Å². The predicted molar refractivity (Wildman–Crippen MR) is 159 cm³/mol. The Hall–Kier alpha value is -3.27. The number of carbonyl (C=O) groups is 1. The van der Waals surface area contributed by atoms with Crippen LogP contribution in [0.1, 0.15) is 5.56 Å². The summed E-state index contributed by atoms with van der Waals surface area (Å²) in [5, 5.41) is 0.778. The first kappa shape index (κ1) is 27.3. The summed E-state index contributed by atoms with van der Waals surface area (Å²) in [6.45, 7) is 0. The summed E-state index contributed by atoms with van der Waals surface area (Å²) < 4.78 is 30.7. The molecule has 0 spiro atoms. The minimum Gasteiger partial charge on any atom is -0.376 e. The van der Waals surface area contributed by atoms with Crippen LogP contribution in [-0.2, 0) is 14.9 Å². The van der Waals surface area contributed by atoms with Gasteiger partial charge in [0, 0.05) is 5.02 Å². The molecule has 1 amide bonds. The molecule has 0 unspecified atom stereocenters. The topological polar surface area (TPSA) is 76.0 Å². The molecule has 5 rings (SSSR count). The molecule has 1 saturated heterocycles. The van der Waals surface area contributed by atoms with Crippen molar-refractivity contribution < 1.29 is 17.4 Å². The van der Waals surface area contributed by atoms with Gasteiger partial charge >= 0.3 is 10.1 Å². The van der Waals surface area contributed by atoms with Crippen molar-refractivity contribution in [3.8, 4) is 5.75 Å². The van der Waals surface area contributed by atoms with Gasteiger partial charge in [-0.2, -0.15) is 8.42 Å². The van der Waals surface area contributed by atoms with Crippen LogP contribution in [0.15, 0.2) is 112 Å². The van der Waals surface area contributed by atoms with Crippen LogP contribution in [0.2, 0.25) is 15.1 Å². The molecule has 1 fully saturated rings. The van der Waals surface area contributed by atoms with E-state index < -0.39 is 10.1 Å². The van der Waals surface area contributed by atoms with Gasteiger partial charge in [-0.15, -0.1) is 0 Å². The van der Waals surface area contributed by atoms with Crippen molar-refractivity contribution in [2.24, 2.45) is 4.99 Å². The van der Waals surface area contributed by atoms with Gasteiger partial charge in [0.15, 0.2) is 10.9 Å². The molecule has 4 aromatic carbocycles. The van der Waals surface area contributed by atoms with Gasteiger partial charge in [0.1, 0.15) is 4.90 Å². The number of amides is 1. The maximum atomic E-state index is 13.5. The normalized spacial score (nSPS) is 15.8. The molecule has 0 aromatic heterocycles. The molecule has 0 N–H and O–H groups in total. The summed E-state index contributed by atoms with van der Waals surface area (Å²) in [5.74, 6) is -0.503. The smallest absolute Gasteiger partial charge is 0.339 e. The lowest BCUT2D eigenvalue weighted by Gasteiger charge is -2.15. The summed E-state index contributed by atoms with van der Waals surface area (Å²) in [5.41, 5.74) is 1.84. The molecule has 1 heterocycles. The number of aliphatic imine (C=N–C) groups is 1. The lowest BCUT2D eigenvalue weighted by Crippen LogP contribution is -2.28. The van der Waals surface area contributed by atoms with Crippen LogP contribution in [0.3, 0.4) is 0 Å². The molecule has 6 nitrogen and oxygen atoms in total. The van der Waals surface area contributed by atoms with Gasteiger partial charge in [-0.05, 0) is 84.1 Å². The van der Waals surface area contributed by atoms with E-state index in [2.05, 4.69) is 4.99 Å². The lowest BCUT2D eigenvalue weighted by molar-refractivity contribution is -0.113. The largest absolute Gasteiger partial charge is 0.376 e. The number of halogens is 3. The van der Waals surface area contributed by atoms with Crippen molar-refractivity contribution in [3.63, 3.8) is 0 Å². The van der Waals surface area contributed by atoms with E-state index in [-0.39, 0.29) is 26.6 Å². The Balaban J connectivity index is 1.47. The number of amidine groups is 1. The standard InChI is InChI=1S/C28H17Cl3N2O4S2/c29-19-11-13-22(14-12-19)39(35,36)37-26-23(30)15-18(16-24(26)31)17-25-27(34)33(21-9-5-2-6-10-21)28(38-25)32-20-7-3-1-4-8-20/h1-17H/b25-17+,32-28?. The van der Waals surface area contributed by atoms with E-state index >= 15 is 0 Å². The molecule has 0 radical (unpaired) electrons. The number of rotatable bonds is 6. The molecular weight excluding hydrogens is 599 g/mol. The number of anilines is 1. The fourth-order valence-electron chi connectivity index (χ4n) is 3.62. The third kappa shape index (κ3) is 6.16. The van der Waals surface area contributed by atoms with Crippen LogP contribution in [0.4, 0.5) is 11.4 Å². The van der Waals surface area contributed by atoms with Crippen LogP contribution < -0.4 is 9.08 Å². The van der Waals surface area contributed by atoms with E-state index in [0.29, 0.717) is 32.0 Å². The first-order valence-corrected chi connectivity index (χ1v) is 14.7. The van der Waals surface area contributed by atoms with Crippen LogP contribution in [0.25, 0.3) is 6.08 Å². The van der Waals surface area contributed by atoms with Gasteiger partial charge in [-0.3, -0.25) is 9.69 Å². The van der Waals surface area contributed by atoms with Crippen LogP contribution >= 0.6 is 46.6 Å². The molecule has 0 saturated carbocycles. The van der Waals surface area contributed by atoms with Crippen molar-refractivity contribution >= 4 is 85.2 Å². The first-order chi connectivity index (χ1) is 18.7. The maximum absolute atomic E-state index is 13.5. The monoisotopic (exact) mass is 614 g/mol. The Morgan fingerprint density at radius 2 is 1.41 bits per heavy atom. The number of benzene rings is 4. The number of hydrogen-bond acceptors (Lipinski definition) is 6. The Labute approximate surface area is 244 Å². The molecule has 11 heteroatoms. The number of para-hydroxylation sites is 2. The number of thioether (sulfide) groups is 1. The highest BCUT2D eigenvalue weighted by Gasteiger charge is 2.35. The third-order valence-corrected chi connectivity index (χ3v) is 8.43. The summed E-state index contributed by atoms with van der Waals surface area (Å²) in [6.07, 6.45) is 1.62. The zero-order valence-corrected chi connectivity index (χ0v) is 23.7. The average Bonchev–Trinajstić information content (AvgIpc) is 3.21. The van der Waals surface area contributed by atoms with E-state index in [0.717, 1.165) is 0 Å². The van der Waals surface area contributed by atoms with Crippen molar-refractivity contribution in [1.29, 1.82) is 0 Å². The Bertz CT molecular complexity index is 1690. The first-order valence-electron chi connectivity index (χ1n) is 11.3. The van der Waals surface area contributed by atoms with E-state index in [9.17, 15) is 13.2 Å². The highest BCUT2D eigenvalue weighted by atomic mass is 35.5. The molecule has 1 aliphatic rings. The van der Waals surface area contributed by atoms with E-state index in [1.165, 1.54) is 53.1 Å². The van der Waals surface area contributed by atoms with Gasteiger partial charge in [-0.25, -0.2) is 4.99 Å². The molecule has 1 aliphatic heterocycles. The summed E-state index contributed by atoms with van der Waals surface area (Å²) in [6, 6.07) is 26.9. The average molecular weight is 616 g/mol. The Morgan fingerprint density at radius 1 is 0.821 bits per heavy atom. The number of hydrogen-bond donors (Lipinski definition) is 0. The second kappa shape index (κ2) is 11.5. The van der Waals surface area contributed by atoms with Gasteiger partial charge in [0.2, 0.25) is 0 Å². The quantitative estimate of drug-likeness (QED) is 0.161. The van der Waals surface area contributed by atoms with E-state index in [1.807, 2.05) is 60.7 Å². The number of nitrogens with zero attached hydrogens (tertiary/aromatic N) is 2. The second-order valence-electron chi connectivity index (χ2n) is 8.12. The molecule has 39 heavy (non-hydrogen) atoms. The summed E-state index contributed by atoms with van der Waals surface area (Å²) in [4.78, 5) is 20.0. The molecular formula is C28H17Cl3N2O4S2. The molecule has 196 valence electrons. The van der Waals surface area contributed by atoms with Gasteiger partial charge in [0.25, 0.3) is 5.91 Å². The van der Waals surface area contributed by atoms with Gasteiger partial charge in [-0.1, -0.05) is 71.2 Å². The van der Waals surface area contributed by atoms with E-state index in [1.54, 1.807) is 6.08 Å². The van der Waals surface area contributed by atoms with Crippen molar-refractivity contribution in [3.05, 3.63) is 123 Å². The van der Waals surface area contributed by atoms with Crippen LogP contribution in [0.5, 0.6) is 5.75 Å². The van der Waals surface area contributed by atoms with Crippen LogP contribution in [-0.4, -0.2) is 19.5 Å². The second-order valence-corrected chi connectivity index (χ2v) is 11.9. The SMILES string of the molecule is O=C1/C(=C\c2cc(Cl)c(OS(=O)(=O)c3ccc(Cl)cc3)c(Cl)c2)SC(=Nc2ccccc2)N1c1ccccc1. The van der Waals surface area contributed by atoms with Crippen molar-refractivity contribution in [2.45, 2.75) is 4.90 Å². The van der Waals surface area contributed by atoms with Crippen molar-refractivity contribution in [1.82, 2.24) is 0 Å². The minimum absolute atomic E-state index is 0.0413. The molecule has 4 aromatic rings. The zero-order valence-electron chi connectivity index (χ0n) is 19.8. The number of carbonyl (C=O) groups excluding carboxylic acids is 1. The lowest BCUT2D eigenvalue weighted by atomic mass is 10.2. The maximum Gasteiger partial charge on any atom is 0.339 e. The predicted octanol–water partition coefficient (Wildman–Crippen LogP) is 8.22. The Morgan fingerprint density at radius 3 is 2.03 bits per heavy atom. The fourth-order valence-corrected chi connectivity index (χ4v) is 6.38. The highest BCUT2D eigenvalue weighted by Crippen LogP contribution is 2.40. The summed E-state index contributed by atoms with van der Waals surface area (Å²) in [7, 11) is -4.22. The molecule has 0 aliphatic carbocycles. The van der Waals surface area contributed by atoms with Crippen molar-refractivity contribution in [2.75, 3.05) is 4.90 Å². The zero-order chi connectivity index (χ0) is 27.6. The van der Waals surface area contributed by atoms with Gasteiger partial charge < -0.3 is 4.18 Å². The molecule has 0 atom stereocenters. The minimum atomic E-state index is -4.22. The third-order valence-electron chi connectivity index (χ3n) is 5.42. The Kier molecular flexibility index (Phi) is 8.02. The molecule has 0 bridgehead atoms. The van der Waals surface area contributed by atoms with Gasteiger partial charge in [0.05, 0.1) is 26.3 Å². The fraction of sp³-hybridized carbons (Fsp3) is 0.